The van der Waals surface area contributed by atoms with E-state index in [2.05, 4.69) is 31.3 Å². The quantitative estimate of drug-likeness (QED) is 0.0310. The molecule has 0 aliphatic heterocycles. The normalized spacial score (nSPS) is 14.0. The molecule has 1 amide bonds. The van der Waals surface area contributed by atoms with Gasteiger partial charge in [-0.3, -0.25) is 4.79 Å². The summed E-state index contributed by atoms with van der Waals surface area (Å²) in [5.74, 6) is -0.584. The standard InChI is InChI=1S/C52H103NO5/c1-3-5-7-9-11-13-15-17-19-21-23-24-25-26-27-28-30-31-33-35-37-39-41-43-45-49(55)51(57)48(47-54)53-52(58)50(56)46-44-42-40-38-36-34-32-29-22-20-18-16-14-12-10-8-6-4-2/h22,29,48-51,54-57H,3-21,23-28,30-47H2,1-2H3,(H,53,58)/b29-22-. The molecule has 0 aromatic rings. The Morgan fingerprint density at radius 2 is 0.690 bits per heavy atom. The van der Waals surface area contributed by atoms with Crippen molar-refractivity contribution in [3.63, 3.8) is 0 Å². The minimum absolute atomic E-state index is 0.365. The molecule has 0 saturated carbocycles. The highest BCUT2D eigenvalue weighted by Gasteiger charge is 2.28. The lowest BCUT2D eigenvalue weighted by Crippen LogP contribution is -2.53. The van der Waals surface area contributed by atoms with Crippen molar-refractivity contribution in [3.05, 3.63) is 12.2 Å². The van der Waals surface area contributed by atoms with Crippen molar-refractivity contribution in [3.8, 4) is 0 Å². The highest BCUT2D eigenvalue weighted by Crippen LogP contribution is 2.18. The molecule has 0 heterocycles. The molecule has 346 valence electrons. The lowest BCUT2D eigenvalue weighted by molar-refractivity contribution is -0.132. The summed E-state index contributed by atoms with van der Waals surface area (Å²) >= 11 is 0. The molecule has 0 saturated heterocycles. The number of unbranched alkanes of at least 4 members (excludes halogenated alkanes) is 37. The van der Waals surface area contributed by atoms with Gasteiger partial charge < -0.3 is 25.7 Å². The van der Waals surface area contributed by atoms with Gasteiger partial charge in [0.15, 0.2) is 0 Å². The molecule has 0 rings (SSSR count). The van der Waals surface area contributed by atoms with Gasteiger partial charge in [-0.25, -0.2) is 0 Å². The third kappa shape index (κ3) is 40.5. The van der Waals surface area contributed by atoms with E-state index in [1.807, 2.05) is 0 Å². The molecule has 0 aliphatic carbocycles. The van der Waals surface area contributed by atoms with Crippen LogP contribution in [0.15, 0.2) is 12.2 Å². The number of amides is 1. The van der Waals surface area contributed by atoms with E-state index in [1.165, 1.54) is 212 Å². The van der Waals surface area contributed by atoms with E-state index in [4.69, 9.17) is 0 Å². The van der Waals surface area contributed by atoms with Crippen molar-refractivity contribution in [2.24, 2.45) is 0 Å². The smallest absolute Gasteiger partial charge is 0.249 e. The number of hydrogen-bond acceptors (Lipinski definition) is 5. The molecule has 0 spiro atoms. The number of rotatable bonds is 48. The van der Waals surface area contributed by atoms with Crippen molar-refractivity contribution < 1.29 is 25.2 Å². The molecule has 5 N–H and O–H groups in total. The molecule has 6 nitrogen and oxygen atoms in total. The first-order valence-electron chi connectivity index (χ1n) is 26.1. The Hall–Kier alpha value is -0.950. The van der Waals surface area contributed by atoms with Gasteiger partial charge in [0, 0.05) is 0 Å². The molecule has 4 unspecified atom stereocenters. The van der Waals surface area contributed by atoms with Gasteiger partial charge in [0.05, 0.1) is 18.8 Å². The molecular formula is C52H103NO5. The van der Waals surface area contributed by atoms with Crippen LogP contribution in [0.1, 0.15) is 284 Å². The second-order valence-corrected chi connectivity index (χ2v) is 18.2. The van der Waals surface area contributed by atoms with E-state index in [9.17, 15) is 25.2 Å². The second-order valence-electron chi connectivity index (χ2n) is 18.2. The maximum absolute atomic E-state index is 12.6. The maximum Gasteiger partial charge on any atom is 0.249 e. The number of allylic oxidation sites excluding steroid dienone is 2. The third-order valence-corrected chi connectivity index (χ3v) is 12.5. The first-order valence-corrected chi connectivity index (χ1v) is 26.1. The van der Waals surface area contributed by atoms with Crippen molar-refractivity contribution in [2.75, 3.05) is 6.61 Å². The molecule has 4 atom stereocenters. The minimum Gasteiger partial charge on any atom is -0.394 e. The Kier molecular flexibility index (Phi) is 46.3. The number of nitrogens with one attached hydrogen (secondary N) is 1. The SMILES string of the molecule is CCCCCCCCCC/C=C\CCCCCCCCC(O)C(=O)NC(CO)C(O)C(O)CCCCCCCCCCCCCCCCCCCCCCCCCC. The fourth-order valence-electron chi connectivity index (χ4n) is 8.34. The summed E-state index contributed by atoms with van der Waals surface area (Å²) in [4.78, 5) is 12.6. The number of carbonyl (C=O) groups excluding carboxylic acids is 1. The van der Waals surface area contributed by atoms with Crippen molar-refractivity contribution in [2.45, 2.75) is 308 Å². The molecule has 0 radical (unpaired) electrons. The van der Waals surface area contributed by atoms with Gasteiger partial charge in [-0.2, -0.15) is 0 Å². The molecule has 0 fully saturated rings. The Labute approximate surface area is 362 Å². The van der Waals surface area contributed by atoms with Crippen molar-refractivity contribution in [1.29, 1.82) is 0 Å². The zero-order valence-electron chi connectivity index (χ0n) is 39.1. The Balaban J connectivity index is 3.64. The van der Waals surface area contributed by atoms with Crippen LogP contribution in [-0.4, -0.2) is 57.3 Å². The average Bonchev–Trinajstić information content (AvgIpc) is 3.23. The van der Waals surface area contributed by atoms with Crippen LogP contribution in [0.4, 0.5) is 0 Å². The molecule has 0 bridgehead atoms. The van der Waals surface area contributed by atoms with Crippen molar-refractivity contribution >= 4 is 5.91 Å². The summed E-state index contributed by atoms with van der Waals surface area (Å²) < 4.78 is 0. The van der Waals surface area contributed by atoms with Crippen LogP contribution in [-0.2, 0) is 4.79 Å². The molecule has 58 heavy (non-hydrogen) atoms. The average molecular weight is 822 g/mol. The molecule has 6 heteroatoms. The van der Waals surface area contributed by atoms with Gasteiger partial charge >= 0.3 is 0 Å². The predicted octanol–water partition coefficient (Wildman–Crippen LogP) is 14.5. The first kappa shape index (κ1) is 57.1. The van der Waals surface area contributed by atoms with E-state index in [0.717, 1.165) is 44.9 Å². The molecule has 0 aromatic carbocycles. The lowest BCUT2D eigenvalue weighted by Gasteiger charge is -2.27. The van der Waals surface area contributed by atoms with Gasteiger partial charge in [-0.1, -0.05) is 257 Å². The molecular weight excluding hydrogens is 719 g/mol. The number of hydrogen-bond donors (Lipinski definition) is 5. The summed E-state index contributed by atoms with van der Waals surface area (Å²) in [7, 11) is 0. The summed E-state index contributed by atoms with van der Waals surface area (Å²) in [5, 5.41) is 43.9. The Bertz CT molecular complexity index is 837. The zero-order valence-corrected chi connectivity index (χ0v) is 39.1. The van der Waals surface area contributed by atoms with Gasteiger partial charge in [0.25, 0.3) is 0 Å². The van der Waals surface area contributed by atoms with E-state index in [-0.39, 0.29) is 0 Å². The van der Waals surface area contributed by atoms with Crippen molar-refractivity contribution in [1.82, 2.24) is 5.32 Å². The Morgan fingerprint density at radius 1 is 0.414 bits per heavy atom. The summed E-state index contributed by atoms with van der Waals surface area (Å²) in [6.07, 6.45) is 54.0. The highest BCUT2D eigenvalue weighted by molar-refractivity contribution is 5.80. The molecule has 0 aliphatic rings. The van der Waals surface area contributed by atoms with Gasteiger partial charge in [0.2, 0.25) is 5.91 Å². The van der Waals surface area contributed by atoms with Gasteiger partial charge in [0.1, 0.15) is 12.2 Å². The highest BCUT2D eigenvalue weighted by atomic mass is 16.3. The second kappa shape index (κ2) is 47.1. The van der Waals surface area contributed by atoms with Crippen LogP contribution < -0.4 is 5.32 Å². The van der Waals surface area contributed by atoms with Crippen LogP contribution in [0.25, 0.3) is 0 Å². The number of aliphatic hydroxyl groups excluding tert-OH is 4. The van der Waals surface area contributed by atoms with Gasteiger partial charge in [-0.15, -0.1) is 0 Å². The first-order chi connectivity index (χ1) is 28.5. The third-order valence-electron chi connectivity index (χ3n) is 12.5. The summed E-state index contributed by atoms with van der Waals surface area (Å²) in [6, 6.07) is -0.985. The maximum atomic E-state index is 12.6. The predicted molar refractivity (Wildman–Crippen MR) is 251 cm³/mol. The Morgan fingerprint density at radius 3 is 1.00 bits per heavy atom. The van der Waals surface area contributed by atoms with E-state index in [0.29, 0.717) is 12.8 Å². The fourth-order valence-corrected chi connectivity index (χ4v) is 8.34. The van der Waals surface area contributed by atoms with Crippen LogP contribution in [0.3, 0.4) is 0 Å². The van der Waals surface area contributed by atoms with Crippen LogP contribution in [0.5, 0.6) is 0 Å². The monoisotopic (exact) mass is 822 g/mol. The van der Waals surface area contributed by atoms with E-state index in [1.54, 1.807) is 0 Å². The molecule has 0 aromatic heterocycles. The number of aliphatic hydroxyl groups is 4. The topological polar surface area (TPSA) is 110 Å². The largest absolute Gasteiger partial charge is 0.394 e. The number of carbonyl (C=O) groups is 1. The van der Waals surface area contributed by atoms with Crippen LogP contribution in [0.2, 0.25) is 0 Å². The van der Waals surface area contributed by atoms with Gasteiger partial charge in [-0.05, 0) is 38.5 Å². The lowest BCUT2D eigenvalue weighted by atomic mass is 9.99. The van der Waals surface area contributed by atoms with Crippen LogP contribution in [0, 0.1) is 0 Å². The summed E-state index contributed by atoms with van der Waals surface area (Å²) in [6.45, 7) is 4.08. The fraction of sp³-hybridized carbons (Fsp3) is 0.942. The van der Waals surface area contributed by atoms with E-state index >= 15 is 0 Å². The minimum atomic E-state index is -1.26. The summed E-state index contributed by atoms with van der Waals surface area (Å²) in [5.41, 5.74) is 0. The zero-order chi connectivity index (χ0) is 42.4. The van der Waals surface area contributed by atoms with Crippen LogP contribution >= 0.6 is 0 Å². The van der Waals surface area contributed by atoms with E-state index < -0.39 is 36.9 Å².